The van der Waals surface area contributed by atoms with Crippen molar-refractivity contribution < 1.29 is 23.9 Å². The second kappa shape index (κ2) is 11.6. The number of ether oxygens (including phenoxy) is 2. The van der Waals surface area contributed by atoms with Crippen LogP contribution >= 0.6 is 11.6 Å². The molecular weight excluding hydrogens is 522 g/mol. The molecule has 6 aliphatic rings. The zero-order valence-corrected chi connectivity index (χ0v) is 23.7. The van der Waals surface area contributed by atoms with E-state index in [4.69, 9.17) is 21.1 Å². The zero-order valence-electron chi connectivity index (χ0n) is 22.9. The average Bonchev–Trinajstić information content (AvgIpc) is 2.94. The summed E-state index contributed by atoms with van der Waals surface area (Å²) in [5.41, 5.74) is 0.291. The third kappa shape index (κ3) is 5.47. The molecule has 1 N–H and O–H groups in total. The van der Waals surface area contributed by atoms with Crippen LogP contribution in [0.1, 0.15) is 39.0 Å². The molecule has 0 aromatic rings. The molecule has 7 unspecified atom stereocenters. The standard InChI is InChI=1S/C28H42ClN5O5/c1-18(35)32-8-10-33(11-9-32)23-5-3-20-25-27(23)39-24-16-19(29)2-4-22(24)34(25)17-21(26(20)36)28(37)30-6-7-31-12-14-38-15-13-31/h17,19-20,22-25,27H,2-16H2,1H3,(H,30,37). The van der Waals surface area contributed by atoms with E-state index in [0.717, 1.165) is 91.1 Å². The maximum absolute atomic E-state index is 13.8. The topological polar surface area (TPSA) is 94.7 Å². The van der Waals surface area contributed by atoms with Crippen molar-refractivity contribution in [3.05, 3.63) is 11.8 Å². The van der Waals surface area contributed by atoms with Gasteiger partial charge in [-0.2, -0.15) is 0 Å². The van der Waals surface area contributed by atoms with Gasteiger partial charge in [0, 0.05) is 82.8 Å². The average molecular weight is 564 g/mol. The van der Waals surface area contributed by atoms with Crippen LogP contribution < -0.4 is 5.32 Å². The Labute approximate surface area is 235 Å². The Hall–Kier alpha value is -1.72. The third-order valence-corrected chi connectivity index (χ3v) is 10.2. The summed E-state index contributed by atoms with van der Waals surface area (Å²) in [7, 11) is 0. The molecule has 0 aromatic carbocycles. The lowest BCUT2D eigenvalue weighted by atomic mass is 9.70. The largest absolute Gasteiger partial charge is 0.379 e. The summed E-state index contributed by atoms with van der Waals surface area (Å²) >= 11 is 6.61. The molecule has 11 heteroatoms. The number of nitrogens with one attached hydrogen (secondary N) is 1. The molecule has 0 radical (unpaired) electrons. The summed E-state index contributed by atoms with van der Waals surface area (Å²) in [5, 5.41) is 3.10. The SMILES string of the molecule is CC(=O)N1CCN(C2CCC3C(=O)C(C(=O)NCCN4CCOCC4)=CN4C5CCC(Cl)CC5OC2C34)CC1. The number of ketones is 1. The van der Waals surface area contributed by atoms with Crippen LogP contribution in [0.15, 0.2) is 11.8 Å². The van der Waals surface area contributed by atoms with Gasteiger partial charge in [0.05, 0.1) is 43.1 Å². The van der Waals surface area contributed by atoms with E-state index in [1.807, 2.05) is 11.1 Å². The van der Waals surface area contributed by atoms with Gasteiger partial charge in [-0.1, -0.05) is 0 Å². The minimum Gasteiger partial charge on any atom is -0.379 e. The second-order valence-electron chi connectivity index (χ2n) is 12.0. The highest BCUT2D eigenvalue weighted by atomic mass is 35.5. The predicted octanol–water partition coefficient (Wildman–Crippen LogP) is 0.442. The Bertz CT molecular complexity index is 981. The predicted molar refractivity (Wildman–Crippen MR) is 145 cm³/mol. The van der Waals surface area contributed by atoms with Crippen molar-refractivity contribution in [3.8, 4) is 0 Å². The van der Waals surface area contributed by atoms with Gasteiger partial charge in [-0.05, 0) is 32.1 Å². The van der Waals surface area contributed by atoms with E-state index in [-0.39, 0.29) is 59.2 Å². The normalized spacial score (nSPS) is 37.5. The number of alkyl halides is 1. The van der Waals surface area contributed by atoms with Gasteiger partial charge >= 0.3 is 0 Å². The van der Waals surface area contributed by atoms with Crippen LogP contribution in [-0.4, -0.2) is 138 Å². The first kappa shape index (κ1) is 27.4. The highest BCUT2D eigenvalue weighted by Gasteiger charge is 2.57. The maximum Gasteiger partial charge on any atom is 0.256 e. The smallest absolute Gasteiger partial charge is 0.256 e. The fraction of sp³-hybridized carbons (Fsp3) is 0.821. The Morgan fingerprint density at radius 2 is 1.77 bits per heavy atom. The number of carbonyl (C=O) groups is 3. The van der Waals surface area contributed by atoms with Gasteiger partial charge in [0.2, 0.25) is 5.91 Å². The van der Waals surface area contributed by atoms with Crippen LogP contribution in [0.3, 0.4) is 0 Å². The van der Waals surface area contributed by atoms with Gasteiger partial charge < -0.3 is 24.6 Å². The first-order valence-corrected chi connectivity index (χ1v) is 15.2. The van der Waals surface area contributed by atoms with Crippen LogP contribution in [0.2, 0.25) is 0 Å². The van der Waals surface area contributed by atoms with Crippen molar-refractivity contribution in [2.45, 2.75) is 74.7 Å². The zero-order chi connectivity index (χ0) is 27.1. The number of rotatable bonds is 5. The Morgan fingerprint density at radius 3 is 2.51 bits per heavy atom. The highest BCUT2D eigenvalue weighted by Crippen LogP contribution is 2.46. The molecule has 0 bridgehead atoms. The Kier molecular flexibility index (Phi) is 8.19. The molecule has 216 valence electrons. The number of morpholine rings is 2. The first-order chi connectivity index (χ1) is 18.9. The molecular formula is C28H42ClN5O5. The number of hydrogen-bond acceptors (Lipinski definition) is 8. The summed E-state index contributed by atoms with van der Waals surface area (Å²) in [6.07, 6.45) is 5.90. The van der Waals surface area contributed by atoms with Crippen molar-refractivity contribution in [2.75, 3.05) is 65.6 Å². The molecule has 0 spiro atoms. The van der Waals surface area contributed by atoms with Crippen molar-refractivity contribution in [3.63, 3.8) is 0 Å². The van der Waals surface area contributed by atoms with E-state index in [2.05, 4.69) is 20.0 Å². The van der Waals surface area contributed by atoms with Gasteiger partial charge in [0.25, 0.3) is 5.91 Å². The van der Waals surface area contributed by atoms with E-state index in [0.29, 0.717) is 12.1 Å². The fourth-order valence-electron chi connectivity index (χ4n) is 7.72. The van der Waals surface area contributed by atoms with Crippen LogP contribution in [0.4, 0.5) is 0 Å². The minimum atomic E-state index is -0.264. The number of Topliss-reactive ketones (excluding diaryl/α,β-unsaturated/α-hetero) is 1. The van der Waals surface area contributed by atoms with Crippen molar-refractivity contribution in [1.29, 1.82) is 0 Å². The van der Waals surface area contributed by atoms with Crippen LogP contribution in [-0.2, 0) is 23.9 Å². The van der Waals surface area contributed by atoms with Gasteiger partial charge in [-0.3, -0.25) is 24.2 Å². The summed E-state index contributed by atoms with van der Waals surface area (Å²) in [5.74, 6) is -0.433. The van der Waals surface area contributed by atoms with Gasteiger partial charge in [-0.25, -0.2) is 0 Å². The van der Waals surface area contributed by atoms with E-state index in [1.54, 1.807) is 6.92 Å². The van der Waals surface area contributed by atoms with Crippen LogP contribution in [0.5, 0.6) is 0 Å². The van der Waals surface area contributed by atoms with Crippen molar-refractivity contribution >= 4 is 29.2 Å². The highest BCUT2D eigenvalue weighted by molar-refractivity contribution is 6.21. The molecule has 5 fully saturated rings. The molecule has 0 aromatic heterocycles. The lowest BCUT2D eigenvalue weighted by Gasteiger charge is -2.60. The minimum absolute atomic E-state index is 0.0163. The van der Waals surface area contributed by atoms with Crippen LogP contribution in [0.25, 0.3) is 0 Å². The van der Waals surface area contributed by atoms with E-state index >= 15 is 0 Å². The lowest BCUT2D eigenvalue weighted by Crippen LogP contribution is -2.72. The number of hydrogen-bond donors (Lipinski definition) is 1. The Morgan fingerprint density at radius 1 is 1.03 bits per heavy atom. The van der Waals surface area contributed by atoms with Crippen LogP contribution in [0, 0.1) is 5.92 Å². The molecule has 4 aliphatic heterocycles. The monoisotopic (exact) mass is 563 g/mol. The number of piperazine rings is 1. The van der Waals surface area contributed by atoms with E-state index in [1.165, 1.54) is 0 Å². The molecule has 7 atom stereocenters. The summed E-state index contributed by atoms with van der Waals surface area (Å²) in [4.78, 5) is 48.0. The number of nitrogens with zero attached hydrogens (tertiary/aromatic N) is 4. The third-order valence-electron chi connectivity index (χ3n) is 9.82. The molecule has 2 aliphatic carbocycles. The maximum atomic E-state index is 13.8. The number of amides is 2. The van der Waals surface area contributed by atoms with Crippen molar-refractivity contribution in [2.24, 2.45) is 5.92 Å². The molecule has 39 heavy (non-hydrogen) atoms. The number of fused-ring (bicyclic) bond motifs is 2. The van der Waals surface area contributed by atoms with Gasteiger partial charge in [0.1, 0.15) is 0 Å². The lowest BCUT2D eigenvalue weighted by molar-refractivity contribution is -0.201. The second-order valence-corrected chi connectivity index (χ2v) is 12.6. The fourth-order valence-corrected chi connectivity index (χ4v) is 8.02. The number of halogens is 1. The molecule has 6 rings (SSSR count). The Balaban J connectivity index is 1.21. The molecule has 3 saturated heterocycles. The van der Waals surface area contributed by atoms with Gasteiger partial charge in [0.15, 0.2) is 5.78 Å². The first-order valence-electron chi connectivity index (χ1n) is 14.8. The molecule has 2 amide bonds. The molecule has 2 saturated carbocycles. The molecule has 4 heterocycles. The van der Waals surface area contributed by atoms with E-state index in [9.17, 15) is 14.4 Å². The summed E-state index contributed by atoms with van der Waals surface area (Å²) in [6, 6.07) is 0.242. The van der Waals surface area contributed by atoms with Gasteiger partial charge in [-0.15, -0.1) is 11.6 Å². The molecule has 10 nitrogen and oxygen atoms in total. The van der Waals surface area contributed by atoms with E-state index < -0.39 is 0 Å². The summed E-state index contributed by atoms with van der Waals surface area (Å²) < 4.78 is 12.3. The van der Waals surface area contributed by atoms with Crippen molar-refractivity contribution in [1.82, 2.24) is 24.9 Å². The summed E-state index contributed by atoms with van der Waals surface area (Å²) in [6.45, 7) is 9.14. The quantitative estimate of drug-likeness (QED) is 0.380. The number of carbonyl (C=O) groups excluding carboxylic acids is 3.